The number of rotatable bonds is 5. The Hall–Kier alpha value is -0.870. The minimum atomic E-state index is 0.318. The molecule has 0 aromatic carbocycles. The van der Waals surface area contributed by atoms with E-state index in [4.69, 9.17) is 16.3 Å². The number of anilines is 1. The number of ether oxygens (including phenoxy) is 1. The number of likely N-dealkylation sites (N-methyl/N-ethyl adjacent to an activating group) is 1. The van der Waals surface area contributed by atoms with Crippen LogP contribution in [0, 0.1) is 0 Å². The summed E-state index contributed by atoms with van der Waals surface area (Å²) in [6.07, 6.45) is 6.08. The number of hydrogen-bond donors (Lipinski definition) is 0. The SMILES string of the molecule is CCCc1c(Cl)ncnc1N(C)CC1CCCO1. The molecule has 1 aromatic rings. The Morgan fingerprint density at radius 1 is 1.50 bits per heavy atom. The zero-order valence-corrected chi connectivity index (χ0v) is 11.8. The Labute approximate surface area is 113 Å². The van der Waals surface area contributed by atoms with Crippen LogP contribution in [0.15, 0.2) is 6.33 Å². The molecule has 5 heteroatoms. The molecule has 2 rings (SSSR count). The van der Waals surface area contributed by atoms with E-state index in [9.17, 15) is 0 Å². The summed E-state index contributed by atoms with van der Waals surface area (Å²) in [5.41, 5.74) is 1.04. The third-order valence-corrected chi connectivity index (χ3v) is 3.56. The van der Waals surface area contributed by atoms with Crippen molar-refractivity contribution in [2.75, 3.05) is 25.1 Å². The summed E-state index contributed by atoms with van der Waals surface area (Å²) in [4.78, 5) is 10.6. The van der Waals surface area contributed by atoms with Crippen molar-refractivity contribution in [3.8, 4) is 0 Å². The largest absolute Gasteiger partial charge is 0.376 e. The lowest BCUT2D eigenvalue weighted by atomic mass is 10.1. The lowest BCUT2D eigenvalue weighted by Crippen LogP contribution is -2.30. The number of aromatic nitrogens is 2. The summed E-state index contributed by atoms with van der Waals surface area (Å²) in [6.45, 7) is 3.88. The molecule has 0 bridgehead atoms. The van der Waals surface area contributed by atoms with E-state index in [1.165, 1.54) is 6.33 Å². The second-order valence-corrected chi connectivity index (χ2v) is 5.09. The quantitative estimate of drug-likeness (QED) is 0.771. The summed E-state index contributed by atoms with van der Waals surface area (Å²) in [6, 6.07) is 0. The van der Waals surface area contributed by atoms with E-state index in [0.29, 0.717) is 11.3 Å². The topological polar surface area (TPSA) is 38.2 Å². The van der Waals surface area contributed by atoms with Crippen LogP contribution in [-0.2, 0) is 11.2 Å². The van der Waals surface area contributed by atoms with Crippen molar-refractivity contribution >= 4 is 17.4 Å². The Balaban J connectivity index is 2.12. The van der Waals surface area contributed by atoms with Crippen LogP contribution >= 0.6 is 11.6 Å². The summed E-state index contributed by atoms with van der Waals surface area (Å²) in [7, 11) is 2.04. The van der Waals surface area contributed by atoms with Gasteiger partial charge in [-0.3, -0.25) is 0 Å². The minimum Gasteiger partial charge on any atom is -0.376 e. The van der Waals surface area contributed by atoms with E-state index in [0.717, 1.165) is 50.2 Å². The molecule has 18 heavy (non-hydrogen) atoms. The van der Waals surface area contributed by atoms with E-state index >= 15 is 0 Å². The number of nitrogens with zero attached hydrogens (tertiary/aromatic N) is 3. The van der Waals surface area contributed by atoms with E-state index in [1.54, 1.807) is 0 Å². The molecule has 1 aliphatic heterocycles. The second kappa shape index (κ2) is 6.34. The molecule has 1 unspecified atom stereocenters. The van der Waals surface area contributed by atoms with Crippen molar-refractivity contribution in [1.82, 2.24) is 9.97 Å². The first-order valence-corrected chi connectivity index (χ1v) is 6.92. The maximum Gasteiger partial charge on any atom is 0.137 e. The second-order valence-electron chi connectivity index (χ2n) is 4.73. The Morgan fingerprint density at radius 2 is 2.33 bits per heavy atom. The maximum atomic E-state index is 6.16. The molecular weight excluding hydrogens is 250 g/mol. The normalized spacial score (nSPS) is 19.2. The van der Waals surface area contributed by atoms with Crippen molar-refractivity contribution in [1.29, 1.82) is 0 Å². The highest BCUT2D eigenvalue weighted by Gasteiger charge is 2.20. The molecule has 4 nitrogen and oxygen atoms in total. The van der Waals surface area contributed by atoms with Gasteiger partial charge in [-0.2, -0.15) is 0 Å². The Bertz CT molecular complexity index is 394. The summed E-state index contributed by atoms with van der Waals surface area (Å²) < 4.78 is 5.66. The third kappa shape index (κ3) is 3.12. The smallest absolute Gasteiger partial charge is 0.137 e. The molecule has 2 heterocycles. The molecule has 100 valence electrons. The zero-order chi connectivity index (χ0) is 13.0. The van der Waals surface area contributed by atoms with Crippen molar-refractivity contribution in [2.24, 2.45) is 0 Å². The van der Waals surface area contributed by atoms with Crippen LogP contribution in [0.1, 0.15) is 31.7 Å². The molecule has 0 aliphatic carbocycles. The van der Waals surface area contributed by atoms with Crippen LogP contribution in [0.5, 0.6) is 0 Å². The minimum absolute atomic E-state index is 0.318. The van der Waals surface area contributed by atoms with Crippen LogP contribution in [0.25, 0.3) is 0 Å². The van der Waals surface area contributed by atoms with Gasteiger partial charge in [-0.25, -0.2) is 9.97 Å². The van der Waals surface area contributed by atoms with Gasteiger partial charge >= 0.3 is 0 Å². The fourth-order valence-electron chi connectivity index (χ4n) is 2.36. The van der Waals surface area contributed by atoms with Gasteiger partial charge in [0, 0.05) is 25.8 Å². The van der Waals surface area contributed by atoms with Gasteiger partial charge in [0.05, 0.1) is 6.10 Å². The van der Waals surface area contributed by atoms with Crippen LogP contribution in [0.2, 0.25) is 5.15 Å². The van der Waals surface area contributed by atoms with Gasteiger partial charge in [0.1, 0.15) is 17.3 Å². The van der Waals surface area contributed by atoms with Crippen LogP contribution in [0.3, 0.4) is 0 Å². The molecule has 1 atom stereocenters. The fourth-order valence-corrected chi connectivity index (χ4v) is 2.58. The maximum absolute atomic E-state index is 6.16. The summed E-state index contributed by atoms with van der Waals surface area (Å²) in [5, 5.41) is 0.570. The highest BCUT2D eigenvalue weighted by molar-refractivity contribution is 6.30. The average molecular weight is 270 g/mol. The van der Waals surface area contributed by atoms with E-state index < -0.39 is 0 Å². The van der Waals surface area contributed by atoms with Crippen molar-refractivity contribution < 1.29 is 4.74 Å². The van der Waals surface area contributed by atoms with E-state index in [-0.39, 0.29) is 0 Å². The van der Waals surface area contributed by atoms with Gasteiger partial charge in [0.25, 0.3) is 0 Å². The van der Waals surface area contributed by atoms with Crippen LogP contribution in [-0.4, -0.2) is 36.3 Å². The van der Waals surface area contributed by atoms with E-state index in [1.807, 2.05) is 7.05 Å². The molecule has 1 fully saturated rings. The molecule has 0 spiro atoms. The first-order chi connectivity index (χ1) is 8.72. The van der Waals surface area contributed by atoms with Gasteiger partial charge in [-0.15, -0.1) is 0 Å². The first-order valence-electron chi connectivity index (χ1n) is 6.54. The van der Waals surface area contributed by atoms with Crippen LogP contribution < -0.4 is 4.90 Å². The molecule has 0 radical (unpaired) electrons. The van der Waals surface area contributed by atoms with Gasteiger partial charge in [-0.05, 0) is 19.3 Å². The predicted octanol–water partition coefficient (Wildman–Crippen LogP) is 2.70. The Morgan fingerprint density at radius 3 is 3.00 bits per heavy atom. The average Bonchev–Trinajstić information content (AvgIpc) is 2.84. The van der Waals surface area contributed by atoms with Gasteiger partial charge < -0.3 is 9.64 Å². The molecule has 1 aromatic heterocycles. The lowest BCUT2D eigenvalue weighted by molar-refractivity contribution is 0.116. The summed E-state index contributed by atoms with van der Waals surface area (Å²) >= 11 is 6.16. The molecule has 0 N–H and O–H groups in total. The third-order valence-electron chi connectivity index (χ3n) is 3.23. The lowest BCUT2D eigenvalue weighted by Gasteiger charge is -2.24. The standard InChI is InChI=1S/C13H20ClN3O/c1-3-5-11-12(14)15-9-16-13(11)17(2)8-10-6-4-7-18-10/h9-10H,3-8H2,1-2H3. The number of halogens is 1. The number of hydrogen-bond acceptors (Lipinski definition) is 4. The highest BCUT2D eigenvalue weighted by Crippen LogP contribution is 2.25. The molecule has 1 saturated heterocycles. The summed E-state index contributed by atoms with van der Waals surface area (Å²) in [5.74, 6) is 0.937. The van der Waals surface area contributed by atoms with Crippen molar-refractivity contribution in [2.45, 2.75) is 38.7 Å². The highest BCUT2D eigenvalue weighted by atomic mass is 35.5. The van der Waals surface area contributed by atoms with Gasteiger partial charge in [0.15, 0.2) is 0 Å². The monoisotopic (exact) mass is 269 g/mol. The molecule has 0 amide bonds. The van der Waals surface area contributed by atoms with Crippen molar-refractivity contribution in [3.05, 3.63) is 17.0 Å². The van der Waals surface area contributed by atoms with Crippen LogP contribution in [0.4, 0.5) is 5.82 Å². The predicted molar refractivity (Wildman–Crippen MR) is 73.3 cm³/mol. The zero-order valence-electron chi connectivity index (χ0n) is 11.0. The molecular formula is C13H20ClN3O. The molecule has 0 saturated carbocycles. The Kier molecular flexibility index (Phi) is 4.78. The van der Waals surface area contributed by atoms with Crippen molar-refractivity contribution in [3.63, 3.8) is 0 Å². The fraction of sp³-hybridized carbons (Fsp3) is 0.692. The molecule has 1 aliphatic rings. The van der Waals surface area contributed by atoms with E-state index in [2.05, 4.69) is 21.8 Å². The van der Waals surface area contributed by atoms with Gasteiger partial charge in [0.2, 0.25) is 0 Å². The van der Waals surface area contributed by atoms with Gasteiger partial charge in [-0.1, -0.05) is 24.9 Å². The first kappa shape index (κ1) is 13.6.